The van der Waals surface area contributed by atoms with E-state index in [-0.39, 0.29) is 5.41 Å². The molecule has 0 fully saturated rings. The van der Waals surface area contributed by atoms with Crippen LogP contribution in [0, 0.1) is 0 Å². The van der Waals surface area contributed by atoms with Crippen LogP contribution in [0.2, 0.25) is 0 Å². The van der Waals surface area contributed by atoms with Crippen LogP contribution in [0.1, 0.15) is 26.3 Å². The highest BCUT2D eigenvalue weighted by Crippen LogP contribution is 2.44. The van der Waals surface area contributed by atoms with Crippen molar-refractivity contribution in [2.45, 2.75) is 38.8 Å². The molecule has 0 saturated carbocycles. The van der Waals surface area contributed by atoms with Crippen LogP contribution in [0.25, 0.3) is 27.8 Å². The highest BCUT2D eigenvalue weighted by Gasteiger charge is 2.40. The van der Waals surface area contributed by atoms with Gasteiger partial charge >= 0.3 is 0 Å². The summed E-state index contributed by atoms with van der Waals surface area (Å²) in [7, 11) is 2.20. The number of nitrogens with zero attached hydrogens (tertiary/aromatic N) is 2. The van der Waals surface area contributed by atoms with Crippen molar-refractivity contribution >= 4 is 33.4 Å². The largest absolute Gasteiger partial charge is 0.367 e. The molecule has 1 atom stereocenters. The van der Waals surface area contributed by atoms with Crippen molar-refractivity contribution in [2.24, 2.45) is 0 Å². The summed E-state index contributed by atoms with van der Waals surface area (Å²) in [5, 5.41) is 5.29. The van der Waals surface area contributed by atoms with E-state index >= 15 is 0 Å². The second kappa shape index (κ2) is 7.46. The molecule has 2 heterocycles. The van der Waals surface area contributed by atoms with Crippen LogP contribution in [0.5, 0.6) is 0 Å². The average molecular weight is 407 g/mol. The second-order valence-corrected chi connectivity index (χ2v) is 9.04. The molecule has 0 radical (unpaired) electrons. The summed E-state index contributed by atoms with van der Waals surface area (Å²) < 4.78 is 2.41. The lowest BCUT2D eigenvalue weighted by atomic mass is 9.80. The van der Waals surface area contributed by atoms with E-state index < -0.39 is 0 Å². The van der Waals surface area contributed by atoms with Gasteiger partial charge in [0.25, 0.3) is 0 Å². The number of allylic oxidation sites excluding steroid dienone is 3. The number of aryl methyl sites for hydroxylation is 1. The van der Waals surface area contributed by atoms with E-state index in [0.29, 0.717) is 6.04 Å². The van der Waals surface area contributed by atoms with E-state index in [0.717, 1.165) is 6.54 Å². The Morgan fingerprint density at radius 2 is 1.68 bits per heavy atom. The van der Waals surface area contributed by atoms with Crippen molar-refractivity contribution < 1.29 is 0 Å². The molecule has 31 heavy (non-hydrogen) atoms. The summed E-state index contributed by atoms with van der Waals surface area (Å²) in [4.78, 5) is 2.39. The maximum atomic E-state index is 2.41. The molecule has 3 aromatic carbocycles. The maximum absolute atomic E-state index is 2.41. The minimum absolute atomic E-state index is 0.0932. The quantitative estimate of drug-likeness (QED) is 0.365. The molecule has 0 spiro atoms. The van der Waals surface area contributed by atoms with Gasteiger partial charge in [-0.15, -0.1) is 0 Å². The second-order valence-electron chi connectivity index (χ2n) is 9.04. The van der Waals surface area contributed by atoms with E-state index in [4.69, 9.17) is 0 Å². The first kappa shape index (κ1) is 19.7. The molecule has 1 aliphatic rings. The predicted molar refractivity (Wildman–Crippen MR) is 135 cm³/mol. The van der Waals surface area contributed by atoms with Crippen LogP contribution < -0.4 is 10.2 Å². The summed E-state index contributed by atoms with van der Waals surface area (Å²) in [6.45, 7) is 7.86. The molecular formula is C29H30N2. The first-order valence-corrected chi connectivity index (χ1v) is 11.2. The van der Waals surface area contributed by atoms with Crippen LogP contribution in [-0.2, 0) is 12.0 Å². The minimum Gasteiger partial charge on any atom is -0.367 e. The van der Waals surface area contributed by atoms with Crippen molar-refractivity contribution in [1.82, 2.24) is 4.57 Å². The summed E-state index contributed by atoms with van der Waals surface area (Å²) in [6, 6.07) is 22.3. The van der Waals surface area contributed by atoms with Gasteiger partial charge in [-0.05, 0) is 36.1 Å². The van der Waals surface area contributed by atoms with E-state index in [1.54, 1.807) is 0 Å². The van der Waals surface area contributed by atoms with Crippen LogP contribution in [0.4, 0.5) is 5.69 Å². The molecular weight excluding hydrogens is 376 g/mol. The SMILES string of the molecule is CCn1/c(=C/C=C/C=C/C2N(C)c3ccccc3C2(C)C)c2cccc3cccc1c32. The number of likely N-dealkylation sites (N-methyl/N-ethyl adjacent to an activating group) is 1. The Hall–Kier alpha value is -3.26. The third-order valence-corrected chi connectivity index (χ3v) is 6.96. The smallest absolute Gasteiger partial charge is 0.0565 e. The Bertz CT molecular complexity index is 1360. The molecule has 1 aromatic heterocycles. The Labute approximate surface area is 184 Å². The molecule has 0 saturated heterocycles. The lowest BCUT2D eigenvalue weighted by Crippen LogP contribution is -2.37. The molecule has 0 aliphatic carbocycles. The van der Waals surface area contributed by atoms with Gasteiger partial charge in [-0.25, -0.2) is 0 Å². The Morgan fingerprint density at radius 3 is 2.45 bits per heavy atom. The fourth-order valence-corrected chi connectivity index (χ4v) is 5.42. The highest BCUT2D eigenvalue weighted by molar-refractivity contribution is 6.10. The van der Waals surface area contributed by atoms with Gasteiger partial charge in [0.05, 0.1) is 6.04 Å². The number of hydrogen-bond acceptors (Lipinski definition) is 1. The molecule has 5 rings (SSSR count). The van der Waals surface area contributed by atoms with Crippen molar-refractivity contribution in [2.75, 3.05) is 11.9 Å². The standard InChI is InChI=1S/C29H30N2/c1-5-31-24(22-15-11-13-21-14-12-19-26(31)28(21)22)17-7-6-8-20-27-29(2,3)23-16-9-10-18-25(23)30(27)4/h6-20,27H,5H2,1-4H3/b7-6+,20-8+,24-17+. The average Bonchev–Trinajstić information content (AvgIpc) is 3.19. The first-order chi connectivity index (χ1) is 15.0. The monoisotopic (exact) mass is 406 g/mol. The van der Waals surface area contributed by atoms with Gasteiger partial charge in [-0.2, -0.15) is 0 Å². The molecule has 0 amide bonds. The summed E-state index contributed by atoms with van der Waals surface area (Å²) >= 11 is 0. The number of para-hydroxylation sites is 1. The Balaban J connectivity index is 1.47. The van der Waals surface area contributed by atoms with E-state index in [1.807, 2.05) is 0 Å². The van der Waals surface area contributed by atoms with Gasteiger partial charge in [0.1, 0.15) is 0 Å². The summed E-state index contributed by atoms with van der Waals surface area (Å²) in [5.41, 5.74) is 4.17. The maximum Gasteiger partial charge on any atom is 0.0565 e. The molecule has 156 valence electrons. The van der Waals surface area contributed by atoms with Crippen molar-refractivity contribution in [3.8, 4) is 0 Å². The highest BCUT2D eigenvalue weighted by atomic mass is 15.2. The van der Waals surface area contributed by atoms with Gasteiger partial charge in [-0.3, -0.25) is 0 Å². The Kier molecular flexibility index (Phi) is 4.74. The van der Waals surface area contributed by atoms with Crippen LogP contribution in [0.3, 0.4) is 0 Å². The van der Waals surface area contributed by atoms with E-state index in [9.17, 15) is 0 Å². The number of fused-ring (bicyclic) bond motifs is 1. The molecule has 4 aromatic rings. The fraction of sp³-hybridized carbons (Fsp3) is 0.241. The van der Waals surface area contributed by atoms with Crippen LogP contribution in [0.15, 0.2) is 85.0 Å². The summed E-state index contributed by atoms with van der Waals surface area (Å²) in [6.07, 6.45) is 11.1. The molecule has 1 aliphatic heterocycles. The van der Waals surface area contributed by atoms with E-state index in [2.05, 4.69) is 128 Å². The zero-order valence-corrected chi connectivity index (χ0v) is 18.8. The lowest BCUT2D eigenvalue weighted by molar-refractivity contribution is 0.488. The van der Waals surface area contributed by atoms with Gasteiger partial charge in [0, 0.05) is 46.3 Å². The topological polar surface area (TPSA) is 8.17 Å². The van der Waals surface area contributed by atoms with Gasteiger partial charge < -0.3 is 9.47 Å². The summed E-state index contributed by atoms with van der Waals surface area (Å²) in [5.74, 6) is 0. The zero-order chi connectivity index (χ0) is 21.6. The van der Waals surface area contributed by atoms with Crippen molar-refractivity contribution in [3.63, 3.8) is 0 Å². The van der Waals surface area contributed by atoms with Crippen LogP contribution in [-0.4, -0.2) is 17.7 Å². The third kappa shape index (κ3) is 3.01. The fourth-order valence-electron chi connectivity index (χ4n) is 5.42. The van der Waals surface area contributed by atoms with Gasteiger partial charge in [-0.1, -0.05) is 86.7 Å². The lowest BCUT2D eigenvalue weighted by Gasteiger charge is -2.29. The molecule has 0 N–H and O–H groups in total. The number of rotatable bonds is 4. The number of hydrogen-bond donors (Lipinski definition) is 0. The first-order valence-electron chi connectivity index (χ1n) is 11.2. The number of aromatic nitrogens is 1. The molecule has 1 unspecified atom stereocenters. The molecule has 0 bridgehead atoms. The minimum atomic E-state index is 0.0932. The predicted octanol–water partition coefficient (Wildman–Crippen LogP) is 6.22. The third-order valence-electron chi connectivity index (χ3n) is 6.96. The van der Waals surface area contributed by atoms with Crippen LogP contribution >= 0.6 is 0 Å². The normalized spacial score (nSPS) is 18.9. The van der Waals surface area contributed by atoms with Crippen molar-refractivity contribution in [1.29, 1.82) is 0 Å². The zero-order valence-electron chi connectivity index (χ0n) is 18.8. The molecule has 2 nitrogen and oxygen atoms in total. The van der Waals surface area contributed by atoms with E-state index in [1.165, 1.54) is 38.3 Å². The Morgan fingerprint density at radius 1 is 0.903 bits per heavy atom. The number of benzene rings is 3. The number of anilines is 1. The van der Waals surface area contributed by atoms with Gasteiger partial charge in [0.2, 0.25) is 0 Å². The molecule has 2 heteroatoms. The van der Waals surface area contributed by atoms with Gasteiger partial charge in [0.15, 0.2) is 0 Å². The van der Waals surface area contributed by atoms with Crippen molar-refractivity contribution in [3.05, 3.63) is 95.9 Å².